The van der Waals surface area contributed by atoms with Gasteiger partial charge in [-0.2, -0.15) is 5.10 Å². The smallest absolute Gasteiger partial charge is 0.244 e. The van der Waals surface area contributed by atoms with Gasteiger partial charge in [0.25, 0.3) is 0 Å². The number of nitrogens with zero attached hydrogens (tertiary/aromatic N) is 3. The molecule has 2 rings (SSSR count). The predicted octanol–water partition coefficient (Wildman–Crippen LogP) is -0.0413. The summed E-state index contributed by atoms with van der Waals surface area (Å²) in [5.74, 6) is 0. The molecule has 2 heterocycles. The number of hydrogen-bond donors (Lipinski definition) is 2. The quantitative estimate of drug-likeness (QED) is 0.774. The first kappa shape index (κ1) is 14.7. The molecular formula is C11H16N4O4S. The van der Waals surface area contributed by atoms with Crippen LogP contribution in [-0.4, -0.2) is 35.1 Å². The van der Waals surface area contributed by atoms with Gasteiger partial charge in [0.15, 0.2) is 0 Å². The minimum Gasteiger partial charge on any atom is -0.394 e. The molecule has 0 spiro atoms. The summed E-state index contributed by atoms with van der Waals surface area (Å²) in [6.45, 7) is 3.47. The number of aryl methyl sites for hydroxylation is 1. The highest BCUT2D eigenvalue weighted by atomic mass is 32.2. The van der Waals surface area contributed by atoms with Crippen molar-refractivity contribution in [1.82, 2.24) is 19.7 Å². The van der Waals surface area contributed by atoms with Crippen LogP contribution in [0, 0.1) is 13.8 Å². The topological polar surface area (TPSA) is 110 Å². The highest BCUT2D eigenvalue weighted by molar-refractivity contribution is 7.89. The van der Waals surface area contributed by atoms with Gasteiger partial charge >= 0.3 is 0 Å². The Morgan fingerprint density at radius 2 is 2.20 bits per heavy atom. The van der Waals surface area contributed by atoms with Gasteiger partial charge in [0, 0.05) is 6.07 Å². The summed E-state index contributed by atoms with van der Waals surface area (Å²) in [4.78, 5) is 0.134. The fourth-order valence-electron chi connectivity index (χ4n) is 1.95. The third-order valence-corrected chi connectivity index (χ3v) is 4.48. The van der Waals surface area contributed by atoms with Crippen molar-refractivity contribution in [2.75, 3.05) is 6.61 Å². The van der Waals surface area contributed by atoms with Gasteiger partial charge in [0.2, 0.25) is 10.0 Å². The van der Waals surface area contributed by atoms with Gasteiger partial charge in [0.1, 0.15) is 11.2 Å². The van der Waals surface area contributed by atoms with Crippen molar-refractivity contribution >= 4 is 10.0 Å². The molecule has 0 radical (unpaired) electrons. The number of sulfonamides is 1. The Kier molecular flexibility index (Phi) is 4.21. The zero-order valence-corrected chi connectivity index (χ0v) is 12.0. The van der Waals surface area contributed by atoms with Crippen LogP contribution in [0.5, 0.6) is 0 Å². The standard InChI is InChI=1S/C11H16N4O4S/c1-8-11(9(2)15(13-8)4-5-16)20(17,18)12-7-10-3-6-19-14-10/h3,6,12,16H,4-5,7H2,1-2H3. The van der Waals surface area contributed by atoms with Crippen LogP contribution in [0.2, 0.25) is 0 Å². The van der Waals surface area contributed by atoms with Gasteiger partial charge < -0.3 is 9.63 Å². The van der Waals surface area contributed by atoms with Crippen molar-refractivity contribution in [3.05, 3.63) is 29.4 Å². The number of nitrogens with one attached hydrogen (secondary N) is 1. The maximum atomic E-state index is 12.3. The van der Waals surface area contributed by atoms with E-state index in [9.17, 15) is 8.42 Å². The molecule has 2 aromatic rings. The van der Waals surface area contributed by atoms with Gasteiger partial charge in [-0.1, -0.05) is 5.16 Å². The molecule has 0 saturated carbocycles. The molecule has 0 fully saturated rings. The molecule has 2 aromatic heterocycles. The fourth-order valence-corrected chi connectivity index (χ4v) is 3.36. The van der Waals surface area contributed by atoms with Crippen LogP contribution in [0.4, 0.5) is 0 Å². The van der Waals surface area contributed by atoms with E-state index in [2.05, 4.69) is 19.5 Å². The van der Waals surface area contributed by atoms with Crippen LogP contribution < -0.4 is 4.72 Å². The van der Waals surface area contributed by atoms with E-state index in [1.54, 1.807) is 19.9 Å². The van der Waals surface area contributed by atoms with Crippen LogP contribution in [0.15, 0.2) is 21.7 Å². The summed E-state index contributed by atoms with van der Waals surface area (Å²) in [6, 6.07) is 1.58. The van der Waals surface area contributed by atoms with Crippen molar-refractivity contribution in [1.29, 1.82) is 0 Å². The van der Waals surface area contributed by atoms with Gasteiger partial charge in [-0.25, -0.2) is 13.1 Å². The van der Waals surface area contributed by atoms with Crippen molar-refractivity contribution in [2.24, 2.45) is 0 Å². The van der Waals surface area contributed by atoms with Crippen molar-refractivity contribution < 1.29 is 18.0 Å². The Morgan fingerprint density at radius 3 is 2.80 bits per heavy atom. The maximum absolute atomic E-state index is 12.3. The van der Waals surface area contributed by atoms with E-state index >= 15 is 0 Å². The van der Waals surface area contributed by atoms with E-state index in [4.69, 9.17) is 5.11 Å². The Bertz CT molecular complexity index is 676. The van der Waals surface area contributed by atoms with E-state index in [0.717, 1.165) is 0 Å². The van der Waals surface area contributed by atoms with Crippen molar-refractivity contribution in [3.63, 3.8) is 0 Å². The predicted molar refractivity (Wildman–Crippen MR) is 69.3 cm³/mol. The Morgan fingerprint density at radius 1 is 1.45 bits per heavy atom. The third-order valence-electron chi connectivity index (χ3n) is 2.83. The second-order valence-corrected chi connectivity index (χ2v) is 5.97. The Hall–Kier alpha value is -1.71. The fraction of sp³-hybridized carbons (Fsp3) is 0.455. The third kappa shape index (κ3) is 2.89. The summed E-state index contributed by atoms with van der Waals surface area (Å²) in [7, 11) is -3.69. The lowest BCUT2D eigenvalue weighted by molar-refractivity contribution is 0.267. The summed E-state index contributed by atoms with van der Waals surface area (Å²) in [5, 5.41) is 16.7. The molecule has 0 unspecified atom stereocenters. The average Bonchev–Trinajstić information content (AvgIpc) is 2.97. The van der Waals surface area contributed by atoms with Crippen LogP contribution in [0.3, 0.4) is 0 Å². The number of aromatic nitrogens is 3. The highest BCUT2D eigenvalue weighted by Gasteiger charge is 2.24. The van der Waals surface area contributed by atoms with Crippen LogP contribution in [0.1, 0.15) is 17.1 Å². The lowest BCUT2D eigenvalue weighted by Crippen LogP contribution is -2.24. The zero-order chi connectivity index (χ0) is 14.8. The molecule has 20 heavy (non-hydrogen) atoms. The molecular weight excluding hydrogens is 284 g/mol. The molecule has 0 aliphatic heterocycles. The van der Waals surface area contributed by atoms with Crippen LogP contribution in [0.25, 0.3) is 0 Å². The van der Waals surface area contributed by atoms with Crippen molar-refractivity contribution in [3.8, 4) is 0 Å². The monoisotopic (exact) mass is 300 g/mol. The van der Waals surface area contributed by atoms with E-state index in [1.165, 1.54) is 10.9 Å². The largest absolute Gasteiger partial charge is 0.394 e. The number of hydrogen-bond acceptors (Lipinski definition) is 6. The van der Waals surface area contributed by atoms with Crippen LogP contribution >= 0.6 is 0 Å². The molecule has 110 valence electrons. The lowest BCUT2D eigenvalue weighted by Gasteiger charge is -2.06. The second kappa shape index (κ2) is 5.73. The van der Waals surface area contributed by atoms with Crippen LogP contribution in [-0.2, 0) is 23.1 Å². The molecule has 0 atom stereocenters. The first-order valence-corrected chi connectivity index (χ1v) is 7.48. The minimum atomic E-state index is -3.69. The minimum absolute atomic E-state index is 0.0445. The molecule has 8 nitrogen and oxygen atoms in total. The molecule has 0 aliphatic rings. The molecule has 2 N–H and O–H groups in total. The van der Waals surface area contributed by atoms with Gasteiger partial charge in [0.05, 0.1) is 36.8 Å². The summed E-state index contributed by atoms with van der Waals surface area (Å²) >= 11 is 0. The molecule has 0 aliphatic carbocycles. The maximum Gasteiger partial charge on any atom is 0.244 e. The molecule has 0 bridgehead atoms. The number of aliphatic hydroxyl groups excluding tert-OH is 1. The molecule has 9 heteroatoms. The van der Waals surface area contributed by atoms with Crippen molar-refractivity contribution in [2.45, 2.75) is 31.8 Å². The van der Waals surface area contributed by atoms with E-state index < -0.39 is 10.0 Å². The summed E-state index contributed by atoms with van der Waals surface area (Å²) in [5.41, 5.74) is 1.37. The number of aliphatic hydroxyl groups is 1. The molecule has 0 amide bonds. The second-order valence-electron chi connectivity index (χ2n) is 4.26. The Labute approximate surface area is 116 Å². The molecule has 0 saturated heterocycles. The first-order valence-electron chi connectivity index (χ1n) is 5.99. The summed E-state index contributed by atoms with van der Waals surface area (Å²) < 4.78 is 33.2. The zero-order valence-electron chi connectivity index (χ0n) is 11.2. The van der Waals surface area contributed by atoms with E-state index in [1.807, 2.05) is 0 Å². The summed E-state index contributed by atoms with van der Waals surface area (Å²) in [6.07, 6.45) is 1.37. The highest BCUT2D eigenvalue weighted by Crippen LogP contribution is 2.19. The Balaban J connectivity index is 2.25. The van der Waals surface area contributed by atoms with Gasteiger partial charge in [-0.15, -0.1) is 0 Å². The van der Waals surface area contributed by atoms with Gasteiger partial charge in [-0.3, -0.25) is 4.68 Å². The average molecular weight is 300 g/mol. The normalized spacial score (nSPS) is 11.9. The lowest BCUT2D eigenvalue weighted by atomic mass is 10.4. The number of rotatable bonds is 6. The first-order chi connectivity index (χ1) is 9.45. The SMILES string of the molecule is Cc1nn(CCO)c(C)c1S(=O)(=O)NCc1ccon1. The molecule has 0 aromatic carbocycles. The van der Waals surface area contributed by atoms with E-state index in [0.29, 0.717) is 17.1 Å². The van der Waals surface area contributed by atoms with Gasteiger partial charge in [-0.05, 0) is 13.8 Å². The van der Waals surface area contributed by atoms with E-state index in [-0.39, 0.29) is 24.6 Å².